The Labute approximate surface area is 148 Å². The van der Waals surface area contributed by atoms with E-state index in [0.717, 1.165) is 18.9 Å². The van der Waals surface area contributed by atoms with Gasteiger partial charge >= 0.3 is 0 Å². The van der Waals surface area contributed by atoms with Gasteiger partial charge in [0.15, 0.2) is 0 Å². The van der Waals surface area contributed by atoms with Gasteiger partial charge in [0.25, 0.3) is 0 Å². The minimum absolute atomic E-state index is 0.301. The largest absolute Gasteiger partial charge is 0.370 e. The summed E-state index contributed by atoms with van der Waals surface area (Å²) in [6.45, 7) is 3.07. The molecular formula is C17H21N3S3. The number of nitrogens with zero attached hydrogens (tertiary/aromatic N) is 1. The molecule has 3 N–H and O–H groups in total. The Morgan fingerprint density at radius 2 is 2.30 bits per heavy atom. The smallest absolute Gasteiger partial charge is 0.127 e. The van der Waals surface area contributed by atoms with Crippen molar-refractivity contribution in [1.29, 1.82) is 0 Å². The van der Waals surface area contributed by atoms with E-state index in [-0.39, 0.29) is 0 Å². The summed E-state index contributed by atoms with van der Waals surface area (Å²) in [4.78, 5) is 2.77. The molecule has 3 aromatic heterocycles. The number of anilines is 1. The maximum absolute atomic E-state index is 6.34. The molecule has 1 atom stereocenters. The van der Waals surface area contributed by atoms with Crippen molar-refractivity contribution in [1.82, 2.24) is 4.37 Å². The predicted molar refractivity (Wildman–Crippen MR) is 103 cm³/mol. The van der Waals surface area contributed by atoms with E-state index in [1.807, 2.05) is 11.3 Å². The monoisotopic (exact) mass is 363 g/mol. The topological polar surface area (TPSA) is 50.9 Å². The summed E-state index contributed by atoms with van der Waals surface area (Å²) in [7, 11) is 0. The molecule has 4 rings (SSSR count). The molecule has 122 valence electrons. The van der Waals surface area contributed by atoms with Gasteiger partial charge in [-0.2, -0.15) is 4.37 Å². The fraction of sp³-hybridized carbons (Fsp3) is 0.471. The zero-order valence-electron chi connectivity index (χ0n) is 13.2. The van der Waals surface area contributed by atoms with E-state index in [9.17, 15) is 0 Å². The Morgan fingerprint density at radius 3 is 3.04 bits per heavy atom. The van der Waals surface area contributed by atoms with Crippen LogP contribution in [0.15, 0.2) is 17.5 Å². The number of nitrogens with one attached hydrogen (secondary N) is 1. The van der Waals surface area contributed by atoms with E-state index in [2.05, 4.69) is 34.1 Å². The molecule has 0 radical (unpaired) electrons. The average molecular weight is 364 g/mol. The summed E-state index contributed by atoms with van der Waals surface area (Å²) in [6, 6.07) is 4.56. The van der Waals surface area contributed by atoms with Crippen LogP contribution in [0.3, 0.4) is 0 Å². The maximum Gasteiger partial charge on any atom is 0.127 e. The summed E-state index contributed by atoms with van der Waals surface area (Å²) in [6.07, 6.45) is 4.94. The normalized spacial score (nSPS) is 16.1. The van der Waals surface area contributed by atoms with Crippen molar-refractivity contribution < 1.29 is 0 Å². The first-order chi connectivity index (χ1) is 11.2. The molecule has 23 heavy (non-hydrogen) atoms. The molecule has 0 aromatic carbocycles. The molecule has 0 bridgehead atoms. The number of hydrogen-bond donors (Lipinski definition) is 2. The minimum Gasteiger partial charge on any atom is -0.370 e. The van der Waals surface area contributed by atoms with Crippen LogP contribution < -0.4 is 11.1 Å². The average Bonchev–Trinajstić information content (AvgIpc) is 2.95. The van der Waals surface area contributed by atoms with E-state index < -0.39 is 0 Å². The summed E-state index contributed by atoms with van der Waals surface area (Å²) in [5, 5.41) is 6.87. The van der Waals surface area contributed by atoms with E-state index in [1.54, 1.807) is 22.9 Å². The van der Waals surface area contributed by atoms with E-state index in [0.29, 0.717) is 6.04 Å². The predicted octanol–water partition coefficient (Wildman–Crippen LogP) is 5.01. The van der Waals surface area contributed by atoms with Crippen LogP contribution in [0.5, 0.6) is 0 Å². The lowest BCUT2D eigenvalue weighted by Crippen LogP contribution is -2.23. The number of thiophene rings is 2. The Balaban J connectivity index is 1.50. The highest BCUT2D eigenvalue weighted by Gasteiger charge is 2.25. The molecule has 0 saturated heterocycles. The molecule has 1 saturated carbocycles. The van der Waals surface area contributed by atoms with E-state index in [1.165, 1.54) is 49.8 Å². The second kappa shape index (κ2) is 6.51. The Kier molecular flexibility index (Phi) is 4.41. The van der Waals surface area contributed by atoms with Crippen LogP contribution in [0.25, 0.3) is 10.2 Å². The van der Waals surface area contributed by atoms with Crippen LogP contribution in [-0.2, 0) is 13.0 Å². The van der Waals surface area contributed by atoms with Crippen LogP contribution in [0.4, 0.5) is 5.00 Å². The number of fused-ring (bicyclic) bond motifs is 1. The summed E-state index contributed by atoms with van der Waals surface area (Å²) >= 11 is 5.24. The van der Waals surface area contributed by atoms with Crippen molar-refractivity contribution in [3.8, 4) is 0 Å². The summed E-state index contributed by atoms with van der Waals surface area (Å²) < 4.78 is 5.97. The van der Waals surface area contributed by atoms with Crippen molar-refractivity contribution in [2.24, 2.45) is 11.7 Å². The molecule has 1 fully saturated rings. The zero-order chi connectivity index (χ0) is 15.8. The highest BCUT2D eigenvalue weighted by atomic mass is 32.1. The fourth-order valence-corrected chi connectivity index (χ4v) is 5.86. The van der Waals surface area contributed by atoms with Gasteiger partial charge < -0.3 is 11.1 Å². The molecule has 0 unspecified atom stereocenters. The van der Waals surface area contributed by atoms with Crippen molar-refractivity contribution >= 4 is 49.4 Å². The van der Waals surface area contributed by atoms with Gasteiger partial charge in [0.2, 0.25) is 0 Å². The van der Waals surface area contributed by atoms with Crippen LogP contribution in [-0.4, -0.2) is 10.4 Å². The number of rotatable bonds is 7. The number of aromatic nitrogens is 1. The minimum atomic E-state index is 0.301. The highest BCUT2D eigenvalue weighted by molar-refractivity contribution is 7.24. The zero-order valence-corrected chi connectivity index (χ0v) is 15.6. The van der Waals surface area contributed by atoms with Crippen LogP contribution >= 0.6 is 34.2 Å². The van der Waals surface area contributed by atoms with Gasteiger partial charge in [0, 0.05) is 15.8 Å². The molecule has 6 heteroatoms. The third-order valence-electron chi connectivity index (χ3n) is 4.43. The van der Waals surface area contributed by atoms with E-state index >= 15 is 0 Å². The first-order valence-electron chi connectivity index (χ1n) is 8.10. The number of nitrogens with two attached hydrogens (primary N) is 1. The Hall–Kier alpha value is -0.950. The summed E-state index contributed by atoms with van der Waals surface area (Å²) in [5.41, 5.74) is 8.84. The Morgan fingerprint density at radius 1 is 1.43 bits per heavy atom. The quantitative estimate of drug-likeness (QED) is 0.620. The third kappa shape index (κ3) is 3.45. The molecule has 0 amide bonds. The van der Waals surface area contributed by atoms with Crippen molar-refractivity contribution in [3.05, 3.63) is 32.8 Å². The SMILES string of the molecule is Cc1c(C[C@@H](N)CC2CC2)sc2c(NCc3cccs3)snc12. The molecule has 3 heterocycles. The second-order valence-electron chi connectivity index (χ2n) is 6.42. The molecule has 3 aromatic rings. The lowest BCUT2D eigenvalue weighted by atomic mass is 10.1. The molecular weight excluding hydrogens is 342 g/mol. The van der Waals surface area contributed by atoms with Crippen molar-refractivity contribution in [2.75, 3.05) is 5.32 Å². The first kappa shape index (κ1) is 15.6. The highest BCUT2D eigenvalue weighted by Crippen LogP contribution is 2.40. The first-order valence-corrected chi connectivity index (χ1v) is 10.6. The van der Waals surface area contributed by atoms with E-state index in [4.69, 9.17) is 5.73 Å². The van der Waals surface area contributed by atoms with Gasteiger partial charge in [0.05, 0.1) is 11.2 Å². The molecule has 0 spiro atoms. The number of aryl methyl sites for hydroxylation is 1. The van der Waals surface area contributed by atoms with Crippen molar-refractivity contribution in [3.63, 3.8) is 0 Å². The van der Waals surface area contributed by atoms with Gasteiger partial charge in [-0.25, -0.2) is 0 Å². The van der Waals surface area contributed by atoms with Gasteiger partial charge in [0.1, 0.15) is 10.5 Å². The van der Waals surface area contributed by atoms with Gasteiger partial charge in [-0.3, -0.25) is 0 Å². The van der Waals surface area contributed by atoms with Gasteiger partial charge in [-0.05, 0) is 54.2 Å². The van der Waals surface area contributed by atoms with Crippen LogP contribution in [0, 0.1) is 12.8 Å². The molecule has 3 nitrogen and oxygen atoms in total. The van der Waals surface area contributed by atoms with Crippen LogP contribution in [0.2, 0.25) is 0 Å². The second-order valence-corrected chi connectivity index (χ2v) is 9.33. The molecule has 0 aliphatic heterocycles. The fourth-order valence-electron chi connectivity index (χ4n) is 2.94. The van der Waals surface area contributed by atoms with Gasteiger partial charge in [-0.15, -0.1) is 22.7 Å². The molecule has 1 aliphatic carbocycles. The third-order valence-corrected chi connectivity index (χ3v) is 7.56. The van der Waals surface area contributed by atoms with Crippen molar-refractivity contribution in [2.45, 2.75) is 45.2 Å². The molecule has 1 aliphatic rings. The van der Waals surface area contributed by atoms with Crippen LogP contribution in [0.1, 0.15) is 34.6 Å². The van der Waals surface area contributed by atoms with Gasteiger partial charge in [-0.1, -0.05) is 18.9 Å². The standard InChI is InChI=1S/C17H21N3S3/c1-10-14(8-12(18)7-11-4-5-11)22-16-15(10)20-23-17(16)19-9-13-3-2-6-21-13/h2-3,6,11-12,19H,4-5,7-9,18H2,1H3/t12-/m0/s1. The lowest BCUT2D eigenvalue weighted by molar-refractivity contribution is 0.569. The number of hydrogen-bond acceptors (Lipinski definition) is 6. The summed E-state index contributed by atoms with van der Waals surface area (Å²) in [5.74, 6) is 0.895. The lowest BCUT2D eigenvalue weighted by Gasteiger charge is -2.09. The Bertz CT molecular complexity index is 784. The maximum atomic E-state index is 6.34.